The van der Waals surface area contributed by atoms with E-state index in [0.717, 1.165) is 6.54 Å². The van der Waals surface area contributed by atoms with Gasteiger partial charge in [0, 0.05) is 44.2 Å². The Kier molecular flexibility index (Phi) is 6.45. The van der Waals surface area contributed by atoms with Crippen molar-refractivity contribution in [3.05, 3.63) is 0 Å². The third-order valence-electron chi connectivity index (χ3n) is 5.34. The van der Waals surface area contributed by atoms with Crippen LogP contribution >= 0.6 is 0 Å². The molecule has 2 saturated heterocycles. The SMILES string of the molecule is C[C@@H]1CCC[C@@H](C)N1CCNC(=O)C1CCN(S(C)(=O)=O)CC1. The normalized spacial score (nSPS) is 28.7. The summed E-state index contributed by atoms with van der Waals surface area (Å²) in [5.74, 6) is 0.0275. The van der Waals surface area contributed by atoms with E-state index in [9.17, 15) is 13.2 Å². The lowest BCUT2D eigenvalue weighted by molar-refractivity contribution is -0.126. The zero-order chi connectivity index (χ0) is 17.0. The first-order valence-electron chi connectivity index (χ1n) is 8.77. The number of carbonyl (C=O) groups excluding carboxylic acids is 1. The summed E-state index contributed by atoms with van der Waals surface area (Å²) in [6.07, 6.45) is 6.24. The van der Waals surface area contributed by atoms with Crippen molar-refractivity contribution in [2.24, 2.45) is 5.92 Å². The lowest BCUT2D eigenvalue weighted by atomic mass is 9.97. The molecule has 0 aromatic heterocycles. The average Bonchev–Trinajstić information content (AvgIpc) is 2.49. The molecule has 0 unspecified atom stereocenters. The molecule has 7 heteroatoms. The molecule has 0 radical (unpaired) electrons. The summed E-state index contributed by atoms with van der Waals surface area (Å²) in [6, 6.07) is 1.18. The fourth-order valence-electron chi connectivity index (χ4n) is 3.82. The summed E-state index contributed by atoms with van der Waals surface area (Å²) < 4.78 is 24.4. The number of carbonyl (C=O) groups is 1. The van der Waals surface area contributed by atoms with Crippen molar-refractivity contribution >= 4 is 15.9 Å². The molecule has 2 aliphatic rings. The highest BCUT2D eigenvalue weighted by Gasteiger charge is 2.29. The predicted molar refractivity (Wildman–Crippen MR) is 91.6 cm³/mol. The second-order valence-corrected chi connectivity index (χ2v) is 9.08. The Balaban J connectivity index is 1.71. The molecular weight excluding hydrogens is 314 g/mol. The predicted octanol–water partition coefficient (Wildman–Crippen LogP) is 1.04. The minimum absolute atomic E-state index is 0.0517. The van der Waals surface area contributed by atoms with Crippen LogP contribution in [0.5, 0.6) is 0 Å². The van der Waals surface area contributed by atoms with E-state index in [1.807, 2.05) is 0 Å². The van der Waals surface area contributed by atoms with Crippen molar-refractivity contribution in [3.8, 4) is 0 Å². The van der Waals surface area contributed by atoms with Crippen molar-refractivity contribution in [2.45, 2.75) is 58.0 Å². The first-order chi connectivity index (χ1) is 10.8. The summed E-state index contributed by atoms with van der Waals surface area (Å²) in [5, 5.41) is 3.05. The van der Waals surface area contributed by atoms with Gasteiger partial charge in [0.25, 0.3) is 0 Å². The highest BCUT2D eigenvalue weighted by Crippen LogP contribution is 2.22. The number of nitrogens with zero attached hydrogens (tertiary/aromatic N) is 2. The van der Waals surface area contributed by atoms with Crippen LogP contribution in [-0.2, 0) is 14.8 Å². The number of nitrogens with one attached hydrogen (secondary N) is 1. The third-order valence-corrected chi connectivity index (χ3v) is 6.64. The molecule has 23 heavy (non-hydrogen) atoms. The van der Waals surface area contributed by atoms with Gasteiger partial charge in [0.05, 0.1) is 6.26 Å². The largest absolute Gasteiger partial charge is 0.355 e. The average molecular weight is 346 g/mol. The summed E-state index contributed by atoms with van der Waals surface area (Å²) in [6.45, 7) is 7.01. The van der Waals surface area contributed by atoms with Gasteiger partial charge in [0.1, 0.15) is 0 Å². The highest BCUT2D eigenvalue weighted by atomic mass is 32.2. The van der Waals surface area contributed by atoms with E-state index in [1.54, 1.807) is 0 Å². The van der Waals surface area contributed by atoms with E-state index < -0.39 is 10.0 Å². The molecule has 1 amide bonds. The zero-order valence-corrected chi connectivity index (χ0v) is 15.4. The van der Waals surface area contributed by atoms with Gasteiger partial charge in [0.2, 0.25) is 15.9 Å². The Bertz CT molecular complexity index is 491. The van der Waals surface area contributed by atoms with Gasteiger partial charge in [-0.05, 0) is 39.5 Å². The fraction of sp³-hybridized carbons (Fsp3) is 0.938. The van der Waals surface area contributed by atoms with Crippen LogP contribution in [0.1, 0.15) is 46.0 Å². The van der Waals surface area contributed by atoms with Gasteiger partial charge in [-0.1, -0.05) is 6.42 Å². The van der Waals surface area contributed by atoms with Crippen LogP contribution in [0.25, 0.3) is 0 Å². The van der Waals surface area contributed by atoms with Gasteiger partial charge < -0.3 is 5.32 Å². The van der Waals surface area contributed by atoms with Crippen molar-refractivity contribution in [2.75, 3.05) is 32.4 Å². The van der Waals surface area contributed by atoms with Crippen LogP contribution in [0.3, 0.4) is 0 Å². The quantitative estimate of drug-likeness (QED) is 0.808. The van der Waals surface area contributed by atoms with Crippen LogP contribution in [0.2, 0.25) is 0 Å². The monoisotopic (exact) mass is 345 g/mol. The van der Waals surface area contributed by atoms with Crippen molar-refractivity contribution in [1.82, 2.24) is 14.5 Å². The summed E-state index contributed by atoms with van der Waals surface area (Å²) >= 11 is 0. The Morgan fingerprint density at radius 1 is 1.09 bits per heavy atom. The van der Waals surface area contributed by atoms with Crippen LogP contribution in [-0.4, -0.2) is 68.0 Å². The molecule has 0 aromatic rings. The smallest absolute Gasteiger partial charge is 0.223 e. The Hall–Kier alpha value is -0.660. The molecule has 0 spiro atoms. The molecular formula is C16H31N3O3S. The molecule has 2 atom stereocenters. The van der Waals surface area contributed by atoms with E-state index >= 15 is 0 Å². The molecule has 1 N–H and O–H groups in total. The molecule has 134 valence electrons. The molecule has 2 rings (SSSR count). The van der Waals surface area contributed by atoms with E-state index in [1.165, 1.54) is 29.8 Å². The van der Waals surface area contributed by atoms with Gasteiger partial charge in [-0.3, -0.25) is 9.69 Å². The first-order valence-corrected chi connectivity index (χ1v) is 10.6. The summed E-state index contributed by atoms with van der Waals surface area (Å²) in [4.78, 5) is 14.7. The van der Waals surface area contributed by atoms with Crippen molar-refractivity contribution < 1.29 is 13.2 Å². The number of hydrogen-bond donors (Lipinski definition) is 1. The highest BCUT2D eigenvalue weighted by molar-refractivity contribution is 7.88. The second kappa shape index (κ2) is 7.94. The third kappa shape index (κ3) is 5.16. The molecule has 2 aliphatic heterocycles. The molecule has 0 bridgehead atoms. The lowest BCUT2D eigenvalue weighted by Gasteiger charge is -2.39. The van der Waals surface area contributed by atoms with Gasteiger partial charge in [-0.2, -0.15) is 0 Å². The second-order valence-electron chi connectivity index (χ2n) is 7.09. The van der Waals surface area contributed by atoms with Crippen molar-refractivity contribution in [3.63, 3.8) is 0 Å². The van der Waals surface area contributed by atoms with E-state index in [2.05, 4.69) is 24.1 Å². The molecule has 0 aromatic carbocycles. The first kappa shape index (κ1) is 18.7. The maximum absolute atomic E-state index is 12.3. The molecule has 2 heterocycles. The Morgan fingerprint density at radius 3 is 2.17 bits per heavy atom. The number of likely N-dealkylation sites (tertiary alicyclic amines) is 1. The summed E-state index contributed by atoms with van der Waals surface area (Å²) in [7, 11) is -3.12. The van der Waals surface area contributed by atoms with Crippen molar-refractivity contribution in [1.29, 1.82) is 0 Å². The number of hydrogen-bond acceptors (Lipinski definition) is 4. The standard InChI is InChI=1S/C16H31N3O3S/c1-13-5-4-6-14(2)19(13)12-9-17-16(20)15-7-10-18(11-8-15)23(3,21)22/h13-15H,4-12H2,1-3H3,(H,17,20)/t13-,14-/m1/s1. The number of amides is 1. The van der Waals surface area contributed by atoms with Crippen LogP contribution in [0.4, 0.5) is 0 Å². The van der Waals surface area contributed by atoms with E-state index in [-0.39, 0.29) is 11.8 Å². The maximum Gasteiger partial charge on any atom is 0.223 e. The molecule has 0 aliphatic carbocycles. The van der Waals surface area contributed by atoms with Crippen LogP contribution in [0.15, 0.2) is 0 Å². The van der Waals surface area contributed by atoms with Gasteiger partial charge in [0.15, 0.2) is 0 Å². The zero-order valence-electron chi connectivity index (χ0n) is 14.6. The topological polar surface area (TPSA) is 69.7 Å². The Morgan fingerprint density at radius 2 is 1.65 bits per heavy atom. The number of piperidine rings is 2. The van der Waals surface area contributed by atoms with Gasteiger partial charge in [-0.15, -0.1) is 0 Å². The summed E-state index contributed by atoms with van der Waals surface area (Å²) in [5.41, 5.74) is 0. The van der Waals surface area contributed by atoms with E-state index in [4.69, 9.17) is 0 Å². The van der Waals surface area contributed by atoms with Crippen LogP contribution < -0.4 is 5.32 Å². The maximum atomic E-state index is 12.3. The minimum atomic E-state index is -3.12. The van der Waals surface area contributed by atoms with Crippen LogP contribution in [0, 0.1) is 5.92 Å². The molecule has 0 saturated carbocycles. The Labute approximate surface area is 140 Å². The van der Waals surface area contributed by atoms with Gasteiger partial charge >= 0.3 is 0 Å². The van der Waals surface area contributed by atoms with E-state index in [0.29, 0.717) is 44.6 Å². The molecule has 2 fully saturated rings. The minimum Gasteiger partial charge on any atom is -0.355 e. The fourth-order valence-corrected chi connectivity index (χ4v) is 4.69. The molecule has 6 nitrogen and oxygen atoms in total. The lowest BCUT2D eigenvalue weighted by Crippen LogP contribution is -2.48. The number of rotatable bonds is 5. The van der Waals surface area contributed by atoms with Gasteiger partial charge in [-0.25, -0.2) is 12.7 Å². The number of sulfonamides is 1.